The molecular weight excluding hydrogens is 1260 g/mol. The van der Waals surface area contributed by atoms with Crippen LogP contribution in [0.3, 0.4) is 0 Å². The monoisotopic (exact) mass is 1360 g/mol. The van der Waals surface area contributed by atoms with Gasteiger partial charge in [-0.3, -0.25) is 67.3 Å². The second-order valence-corrected chi connectivity index (χ2v) is 25.6. The number of primary amides is 3. The number of thioether (sulfide) groups is 1. The molecule has 0 unspecified atom stereocenters. The van der Waals surface area contributed by atoms with Crippen LogP contribution in [0.4, 0.5) is 0 Å². The quantitative estimate of drug-likeness (QED) is 0.0175. The third kappa shape index (κ3) is 27.1. The number of nitrogens with one attached hydrogen (secondary N) is 7. The molecule has 21 N–H and O–H groups in total. The number of carbonyl (C=O) groups excluding carboxylic acids is 13. The Hall–Kier alpha value is -8.91. The van der Waals surface area contributed by atoms with Gasteiger partial charge in [-0.05, 0) is 119 Å². The Morgan fingerprint density at radius 3 is 1.55 bits per heavy atom. The third-order valence-electron chi connectivity index (χ3n) is 16.3. The molecule has 2 aromatic rings. The lowest BCUT2D eigenvalue weighted by Gasteiger charge is -2.32. The first kappa shape index (κ1) is 79.5. The molecule has 32 heteroatoms. The molecule has 2 aromatic carbocycles. The van der Waals surface area contributed by atoms with E-state index in [0.29, 0.717) is 55.4 Å². The number of nitrogens with zero attached hydrogens (tertiary/aromatic N) is 4. The van der Waals surface area contributed by atoms with Crippen LogP contribution in [0.5, 0.6) is 0 Å². The maximum atomic E-state index is 14.8. The summed E-state index contributed by atoms with van der Waals surface area (Å²) in [6.07, 6.45) is 3.15. The molecule has 2 aliphatic rings. The van der Waals surface area contributed by atoms with Gasteiger partial charge in [0.25, 0.3) is 0 Å². The molecule has 2 aliphatic heterocycles. The van der Waals surface area contributed by atoms with Crippen molar-refractivity contribution >= 4 is 94.5 Å². The molecule has 530 valence electrons. The number of unbranched alkanes of at least 4 members (excludes halogenated alkanes) is 1. The Kier molecular flexibility index (Phi) is 34.1. The molecule has 0 aliphatic carbocycles. The minimum absolute atomic E-state index is 0.0738. The number of likely N-dealkylation sites (tertiary alicyclic amines) is 2. The molecule has 0 saturated carbocycles. The van der Waals surface area contributed by atoms with E-state index < -0.39 is 169 Å². The van der Waals surface area contributed by atoms with E-state index in [1.54, 1.807) is 60.7 Å². The number of carbonyl (C=O) groups is 13. The highest BCUT2D eigenvalue weighted by atomic mass is 32.2. The van der Waals surface area contributed by atoms with Gasteiger partial charge in [-0.1, -0.05) is 74.5 Å². The summed E-state index contributed by atoms with van der Waals surface area (Å²) in [6.45, 7) is 3.95. The molecule has 2 saturated heterocycles. The Balaban J connectivity index is 1.58. The Bertz CT molecular complexity index is 3000. The van der Waals surface area contributed by atoms with Gasteiger partial charge in [-0.15, -0.1) is 0 Å². The zero-order chi connectivity index (χ0) is 71.0. The fourth-order valence-corrected chi connectivity index (χ4v) is 11.8. The van der Waals surface area contributed by atoms with Crippen molar-refractivity contribution in [2.75, 3.05) is 51.8 Å². The normalized spacial score (nSPS) is 16.8. The second-order valence-electron chi connectivity index (χ2n) is 24.6. The van der Waals surface area contributed by atoms with Gasteiger partial charge in [0.2, 0.25) is 76.8 Å². The predicted molar refractivity (Wildman–Crippen MR) is 360 cm³/mol. The van der Waals surface area contributed by atoms with Crippen molar-refractivity contribution in [3.05, 3.63) is 71.8 Å². The average molecular weight is 1360 g/mol. The number of likely N-dealkylation sites (N-methyl/N-ethyl adjacent to an activating group) is 1. The summed E-state index contributed by atoms with van der Waals surface area (Å²) in [5, 5.41) is 18.7. The molecule has 2 heterocycles. The van der Waals surface area contributed by atoms with Gasteiger partial charge < -0.3 is 92.1 Å². The van der Waals surface area contributed by atoms with Crippen LogP contribution < -0.4 is 77.4 Å². The Morgan fingerprint density at radius 1 is 0.562 bits per heavy atom. The third-order valence-corrected chi connectivity index (χ3v) is 17.0. The molecule has 0 radical (unpaired) electrons. The van der Waals surface area contributed by atoms with E-state index in [1.807, 2.05) is 20.1 Å². The number of amides is 13. The summed E-state index contributed by atoms with van der Waals surface area (Å²) in [6, 6.07) is 4.61. The van der Waals surface area contributed by atoms with Crippen LogP contribution in [-0.4, -0.2) is 210 Å². The zero-order valence-corrected chi connectivity index (χ0v) is 56.3. The second kappa shape index (κ2) is 41.1. The van der Waals surface area contributed by atoms with Crippen molar-refractivity contribution < 1.29 is 62.3 Å². The predicted octanol–water partition coefficient (Wildman–Crippen LogP) is -3.37. The van der Waals surface area contributed by atoms with Crippen LogP contribution in [-0.2, 0) is 75.2 Å². The van der Waals surface area contributed by atoms with Gasteiger partial charge in [-0.25, -0.2) is 0 Å². The summed E-state index contributed by atoms with van der Waals surface area (Å²) >= 11 is 1.46. The lowest BCUT2D eigenvalue weighted by Crippen LogP contribution is -2.60. The number of aliphatic imine (C=N–C) groups is 1. The van der Waals surface area contributed by atoms with E-state index >= 15 is 0 Å². The Morgan fingerprint density at radius 2 is 1.04 bits per heavy atom. The van der Waals surface area contributed by atoms with Gasteiger partial charge in [0, 0.05) is 52.4 Å². The van der Waals surface area contributed by atoms with E-state index in [0.717, 1.165) is 4.90 Å². The highest BCUT2D eigenvalue weighted by Crippen LogP contribution is 2.24. The van der Waals surface area contributed by atoms with E-state index in [1.165, 1.54) is 28.6 Å². The van der Waals surface area contributed by atoms with Gasteiger partial charge in [0.1, 0.15) is 54.4 Å². The maximum absolute atomic E-state index is 14.8. The average Bonchev–Trinajstić information content (AvgIpc) is 1.60. The molecule has 4 rings (SSSR count). The number of nitrogens with two attached hydrogens (primary N) is 7. The first-order chi connectivity index (χ1) is 45.6. The van der Waals surface area contributed by atoms with Crippen molar-refractivity contribution in [3.63, 3.8) is 0 Å². The lowest BCUT2D eigenvalue weighted by atomic mass is 10.0. The van der Waals surface area contributed by atoms with Crippen LogP contribution in [0.25, 0.3) is 0 Å². The van der Waals surface area contributed by atoms with E-state index in [-0.39, 0.29) is 83.0 Å². The number of benzene rings is 2. The van der Waals surface area contributed by atoms with Crippen LogP contribution in [0.1, 0.15) is 121 Å². The van der Waals surface area contributed by atoms with Crippen molar-refractivity contribution in [1.29, 1.82) is 0 Å². The molecule has 0 bridgehead atoms. The smallest absolute Gasteiger partial charge is 0.245 e. The first-order valence-electron chi connectivity index (χ1n) is 32.6. The SMILES string of the molecule is CSCC[C@H](NC(=O)[C@H](CC(C)C)NC(=O)CN(C)C(=O)[C@H](Cc1ccccc1)NC(=O)[C@H](Cc1ccccc1)NC(=O)[C@H](CCC(N)=O)NC(=O)[C@H](CCC(N)=O)NC(=O)[C@@H]1CCCN1C(=O)[C@H](CCCCN)NC(=O)[C@@H]1CCCN1C(=O)[C@@H](N)CCCN=C(N)N)C(N)=O. The lowest BCUT2D eigenvalue weighted by molar-refractivity contribution is -0.144. The van der Waals surface area contributed by atoms with Gasteiger partial charge in [-0.2, -0.15) is 11.8 Å². The van der Waals surface area contributed by atoms with Gasteiger partial charge >= 0.3 is 0 Å². The van der Waals surface area contributed by atoms with Gasteiger partial charge in [0.15, 0.2) is 5.96 Å². The number of rotatable bonds is 42. The highest BCUT2D eigenvalue weighted by Gasteiger charge is 2.42. The molecule has 96 heavy (non-hydrogen) atoms. The maximum Gasteiger partial charge on any atom is 0.245 e. The fraction of sp³-hybridized carbons (Fsp3) is 0.594. The fourth-order valence-electron chi connectivity index (χ4n) is 11.3. The molecule has 2 fully saturated rings. The molecule has 13 amide bonds. The molecule has 31 nitrogen and oxygen atoms in total. The molecular formula is C64H100N18O13S. The van der Waals surface area contributed by atoms with Crippen molar-refractivity contribution in [1.82, 2.24) is 51.9 Å². The van der Waals surface area contributed by atoms with E-state index in [2.05, 4.69) is 42.2 Å². The minimum Gasteiger partial charge on any atom is -0.370 e. The summed E-state index contributed by atoms with van der Waals surface area (Å²) in [5.74, 6) is -9.65. The highest BCUT2D eigenvalue weighted by molar-refractivity contribution is 7.98. The van der Waals surface area contributed by atoms with Crippen LogP contribution >= 0.6 is 11.8 Å². The van der Waals surface area contributed by atoms with Crippen LogP contribution in [0.2, 0.25) is 0 Å². The van der Waals surface area contributed by atoms with Crippen molar-refractivity contribution in [3.8, 4) is 0 Å². The largest absolute Gasteiger partial charge is 0.370 e. The summed E-state index contributed by atoms with van der Waals surface area (Å²) in [7, 11) is 1.33. The number of guanidine groups is 1. The topological polar surface area (TPSA) is 510 Å². The van der Waals surface area contributed by atoms with E-state index in [4.69, 9.17) is 40.1 Å². The summed E-state index contributed by atoms with van der Waals surface area (Å²) in [5.41, 5.74) is 40.7. The standard InChI is InChI=1S/C64H100N18O13S/c1-38(2)34-46(57(89)74-42(54(69)86)28-33-96-4)73-53(85)37-80(3)62(94)48(36-40-18-9-6-10-19-40)79-58(90)47(35-39-16-7-5-8-17-39)78-56(88)43(24-26-51(67)83)75-55(87)44(25-27-52(68)84)76-59(91)50-23-15-32-82(50)63(95)45(21-11-12-29-65)77-60(92)49-22-14-31-81(49)61(93)41(66)20-13-30-72-64(70)71/h5-10,16-19,38,41-50H,11-15,20-37,65-66H2,1-4H3,(H2,67,83)(H2,68,84)(H2,69,86)(H,73,85)(H,74,89)(H,75,87)(H,76,91)(H,77,92)(H,78,88)(H,79,90)(H4,70,71,72)/t41-,42-,43-,44-,45-,46-,47-,48-,49-,50-/m0/s1. The zero-order valence-electron chi connectivity index (χ0n) is 55.4. The summed E-state index contributed by atoms with van der Waals surface area (Å²) < 4.78 is 0. The summed E-state index contributed by atoms with van der Waals surface area (Å²) in [4.78, 5) is 187. The van der Waals surface area contributed by atoms with Crippen LogP contribution in [0, 0.1) is 5.92 Å². The van der Waals surface area contributed by atoms with Crippen LogP contribution in [0.15, 0.2) is 65.7 Å². The van der Waals surface area contributed by atoms with E-state index in [9.17, 15) is 62.3 Å². The molecule has 10 atom stereocenters. The first-order valence-corrected chi connectivity index (χ1v) is 33.9. The van der Waals surface area contributed by atoms with Crippen molar-refractivity contribution in [2.45, 2.75) is 183 Å². The minimum atomic E-state index is -1.64. The van der Waals surface area contributed by atoms with Gasteiger partial charge in [0.05, 0.1) is 12.6 Å². The number of hydrogen-bond donors (Lipinski definition) is 14. The molecule has 0 aromatic heterocycles. The Labute approximate surface area is 564 Å². The molecule has 0 spiro atoms. The number of hydrogen-bond acceptors (Lipinski definition) is 17. The van der Waals surface area contributed by atoms with Crippen molar-refractivity contribution in [2.24, 2.45) is 51.0 Å².